The molecule has 6 nitrogen and oxygen atoms in total. The Balaban J connectivity index is 0.00000312. The molecule has 2 aromatic rings. The Morgan fingerprint density at radius 1 is 1.04 bits per heavy atom. The zero-order valence-corrected chi connectivity index (χ0v) is 18.6. The summed E-state index contributed by atoms with van der Waals surface area (Å²) in [7, 11) is -7.62. The molecule has 0 saturated carbocycles. The number of hydrogen-bond donors (Lipinski definition) is 2. The van der Waals surface area contributed by atoms with Crippen LogP contribution in [-0.2, 0) is 25.6 Å². The molecule has 0 amide bonds. The summed E-state index contributed by atoms with van der Waals surface area (Å²) in [6.07, 6.45) is 0.881. The van der Waals surface area contributed by atoms with Crippen molar-refractivity contribution in [2.45, 2.75) is 24.7 Å². The molecule has 0 bridgehead atoms. The van der Waals surface area contributed by atoms with Gasteiger partial charge in [-0.2, -0.15) is 8.42 Å². The molecule has 2 aromatic carbocycles. The van der Waals surface area contributed by atoms with Gasteiger partial charge in [-0.1, -0.05) is 59.1 Å². The minimum atomic E-state index is -4.52. The first-order chi connectivity index (χ1) is 11.4. The van der Waals surface area contributed by atoms with E-state index >= 15 is 0 Å². The van der Waals surface area contributed by atoms with Gasteiger partial charge in [0.2, 0.25) is 5.44 Å². The van der Waals surface area contributed by atoms with E-state index in [9.17, 15) is 13.0 Å². The Kier molecular flexibility index (Phi) is 10.1. The van der Waals surface area contributed by atoms with Crippen molar-refractivity contribution in [1.29, 1.82) is 0 Å². The number of aryl methyl sites for hydroxylation is 1. The van der Waals surface area contributed by atoms with Gasteiger partial charge in [0.05, 0.1) is 0 Å². The number of hydrogen-bond acceptors (Lipinski definition) is 4. The van der Waals surface area contributed by atoms with E-state index in [2.05, 4.69) is 4.52 Å². The van der Waals surface area contributed by atoms with Gasteiger partial charge < -0.3 is 1.43 Å². The third kappa shape index (κ3) is 8.05. The Hall–Kier alpha value is 0.00636. The van der Waals surface area contributed by atoms with Crippen molar-refractivity contribution in [3.05, 3.63) is 60.2 Å². The average molecular weight is 409 g/mol. The first-order valence-electron chi connectivity index (χ1n) is 7.30. The van der Waals surface area contributed by atoms with Crippen LogP contribution in [0.4, 0.5) is 0 Å². The third-order valence-electron chi connectivity index (χ3n) is 3.51. The first-order valence-corrected chi connectivity index (χ1v) is 9.93. The van der Waals surface area contributed by atoms with Crippen molar-refractivity contribution in [1.82, 2.24) is 0 Å². The molecular formula is C16H19KO6PS+. The number of benzene rings is 2. The molecule has 2 rings (SSSR count). The van der Waals surface area contributed by atoms with Crippen molar-refractivity contribution < 1.29 is 79.8 Å². The molecule has 0 heterocycles. The zero-order valence-electron chi connectivity index (χ0n) is 14.8. The van der Waals surface area contributed by atoms with Crippen LogP contribution in [-0.4, -0.2) is 23.3 Å². The van der Waals surface area contributed by atoms with Gasteiger partial charge in [-0.3, -0.25) is 4.55 Å². The van der Waals surface area contributed by atoms with E-state index < -0.39 is 23.8 Å². The monoisotopic (exact) mass is 409 g/mol. The summed E-state index contributed by atoms with van der Waals surface area (Å²) in [5.74, 6) is 0. The van der Waals surface area contributed by atoms with E-state index in [1.54, 1.807) is 0 Å². The minimum absolute atomic E-state index is 0. The fourth-order valence-electron chi connectivity index (χ4n) is 2.32. The SMILES string of the molecule is O=[P+](O)OC(CCCc1ccc(-c2ccccc2)cc1)S(=O)(=O)O.[H-].[K+]. The zero-order chi connectivity index (χ0) is 17.6. The standard InChI is InChI=1S/C16H17O6PS.K.H/c17-23(18)22-16(24(19,20)21)8-4-5-13-9-11-15(12-10-13)14-6-2-1-3-7-14;;/h1-3,6-7,9-12,16H,4-5,8H2,(H-,17,18,19,20,21);;/q;+1;-1/p+1. The van der Waals surface area contributed by atoms with Gasteiger partial charge in [0, 0.05) is 4.57 Å². The van der Waals surface area contributed by atoms with Gasteiger partial charge >= 0.3 is 59.6 Å². The topological polar surface area (TPSA) is 101 Å². The predicted octanol–water partition coefficient (Wildman–Crippen LogP) is 0.673. The predicted molar refractivity (Wildman–Crippen MR) is 92.2 cm³/mol. The maximum Gasteiger partial charge on any atom is 1.00 e. The van der Waals surface area contributed by atoms with Crippen molar-refractivity contribution >= 4 is 18.4 Å². The summed E-state index contributed by atoms with van der Waals surface area (Å²) < 4.78 is 46.2. The molecule has 0 aromatic heterocycles. The van der Waals surface area contributed by atoms with Gasteiger partial charge in [0.25, 0.3) is 10.1 Å². The first kappa shape index (κ1) is 23.0. The van der Waals surface area contributed by atoms with Gasteiger partial charge in [-0.05, 0) is 36.0 Å². The molecule has 0 aliphatic heterocycles. The van der Waals surface area contributed by atoms with E-state index in [1.165, 1.54) is 0 Å². The summed E-state index contributed by atoms with van der Waals surface area (Å²) >= 11 is 0. The maximum atomic E-state index is 11.1. The second-order valence-electron chi connectivity index (χ2n) is 5.24. The second-order valence-corrected chi connectivity index (χ2v) is 7.49. The summed E-state index contributed by atoms with van der Waals surface area (Å²) in [4.78, 5) is 8.65. The molecule has 2 N–H and O–H groups in total. The summed E-state index contributed by atoms with van der Waals surface area (Å²) in [6.45, 7) is 0. The van der Waals surface area contributed by atoms with Gasteiger partial charge in [0.15, 0.2) is 0 Å². The molecule has 0 spiro atoms. The van der Waals surface area contributed by atoms with Crippen LogP contribution in [0, 0.1) is 0 Å². The quantitative estimate of drug-likeness (QED) is 0.378. The fraction of sp³-hybridized carbons (Fsp3) is 0.250. The molecule has 0 radical (unpaired) electrons. The third-order valence-corrected chi connectivity index (χ3v) is 5.08. The van der Waals surface area contributed by atoms with Crippen LogP contribution in [0.25, 0.3) is 11.1 Å². The van der Waals surface area contributed by atoms with E-state index in [0.717, 1.165) is 16.7 Å². The Labute approximate surface area is 192 Å². The van der Waals surface area contributed by atoms with E-state index in [0.29, 0.717) is 12.8 Å². The van der Waals surface area contributed by atoms with Crippen LogP contribution in [0.3, 0.4) is 0 Å². The molecule has 25 heavy (non-hydrogen) atoms. The Bertz CT molecular complexity index is 786. The van der Waals surface area contributed by atoms with Crippen LogP contribution < -0.4 is 51.4 Å². The van der Waals surface area contributed by atoms with Gasteiger partial charge in [-0.15, -0.1) is 4.89 Å². The van der Waals surface area contributed by atoms with Crippen molar-refractivity contribution in [2.75, 3.05) is 0 Å². The molecule has 0 fully saturated rings. The van der Waals surface area contributed by atoms with Crippen LogP contribution in [0.2, 0.25) is 0 Å². The molecule has 2 atom stereocenters. The second kappa shape index (κ2) is 11.0. The molecule has 2 unspecified atom stereocenters. The van der Waals surface area contributed by atoms with Crippen LogP contribution in [0.5, 0.6) is 0 Å². The largest absolute Gasteiger partial charge is 1.00 e. The summed E-state index contributed by atoms with van der Waals surface area (Å²) in [5, 5.41) is 0. The van der Waals surface area contributed by atoms with E-state index in [-0.39, 0.29) is 59.2 Å². The van der Waals surface area contributed by atoms with E-state index in [4.69, 9.17) is 9.45 Å². The van der Waals surface area contributed by atoms with Crippen molar-refractivity contribution in [3.63, 3.8) is 0 Å². The summed E-state index contributed by atoms with van der Waals surface area (Å²) in [5.41, 5.74) is 1.50. The van der Waals surface area contributed by atoms with Crippen LogP contribution in [0.15, 0.2) is 54.6 Å². The smallest absolute Gasteiger partial charge is 1.00 e. The molecule has 0 saturated heterocycles. The Morgan fingerprint density at radius 3 is 2.12 bits per heavy atom. The van der Waals surface area contributed by atoms with Gasteiger partial charge in [-0.25, -0.2) is 0 Å². The Morgan fingerprint density at radius 2 is 1.60 bits per heavy atom. The number of rotatable bonds is 8. The molecule has 9 heteroatoms. The summed E-state index contributed by atoms with van der Waals surface area (Å²) in [6, 6.07) is 17.7. The molecule has 130 valence electrons. The van der Waals surface area contributed by atoms with Crippen LogP contribution >= 0.6 is 8.25 Å². The van der Waals surface area contributed by atoms with Crippen molar-refractivity contribution in [3.8, 4) is 11.1 Å². The molecule has 0 aliphatic carbocycles. The normalized spacial score (nSPS) is 13.0. The average Bonchev–Trinajstić information content (AvgIpc) is 2.54. The maximum absolute atomic E-state index is 11.1. The molecular weight excluding hydrogens is 390 g/mol. The van der Waals surface area contributed by atoms with Gasteiger partial charge in [0.1, 0.15) is 0 Å². The fourth-order valence-corrected chi connectivity index (χ4v) is 3.75. The van der Waals surface area contributed by atoms with Crippen LogP contribution in [0.1, 0.15) is 19.8 Å². The minimum Gasteiger partial charge on any atom is -1.00 e. The molecule has 0 aliphatic rings. The van der Waals surface area contributed by atoms with E-state index in [1.807, 2.05) is 54.6 Å². The van der Waals surface area contributed by atoms with Crippen molar-refractivity contribution in [2.24, 2.45) is 0 Å².